The minimum absolute atomic E-state index is 0.0588. The van der Waals surface area contributed by atoms with Gasteiger partial charge in [-0.2, -0.15) is 0 Å². The Kier molecular flexibility index (Phi) is 3.67. The lowest BCUT2D eigenvalue weighted by Crippen LogP contribution is -2.19. The molecule has 0 aliphatic carbocycles. The molecule has 0 saturated carbocycles. The van der Waals surface area contributed by atoms with E-state index in [0.717, 1.165) is 29.8 Å². The summed E-state index contributed by atoms with van der Waals surface area (Å²) in [5.74, 6) is 0. The van der Waals surface area contributed by atoms with E-state index in [1.807, 2.05) is 25.2 Å². The maximum absolute atomic E-state index is 12.1. The summed E-state index contributed by atoms with van der Waals surface area (Å²) >= 11 is 0. The van der Waals surface area contributed by atoms with Gasteiger partial charge in [0.1, 0.15) is 0 Å². The van der Waals surface area contributed by atoms with Gasteiger partial charge < -0.3 is 5.32 Å². The summed E-state index contributed by atoms with van der Waals surface area (Å²) in [5, 5.41) is 6.24. The molecule has 1 aromatic carbocycles. The zero-order chi connectivity index (χ0) is 13.1. The molecule has 1 heterocycles. The van der Waals surface area contributed by atoms with Gasteiger partial charge >= 0.3 is 0 Å². The summed E-state index contributed by atoms with van der Waals surface area (Å²) in [6.07, 6.45) is 0.732. The monoisotopic (exact) mass is 245 g/mol. The fourth-order valence-electron chi connectivity index (χ4n) is 2.15. The quantitative estimate of drug-likeness (QED) is 0.856. The fourth-order valence-corrected chi connectivity index (χ4v) is 2.15. The van der Waals surface area contributed by atoms with Crippen molar-refractivity contribution >= 4 is 0 Å². The number of nitrogens with one attached hydrogen (secondary N) is 2. The molecule has 0 amide bonds. The molecule has 0 bridgehead atoms. The van der Waals surface area contributed by atoms with Crippen LogP contribution in [0.5, 0.6) is 0 Å². The summed E-state index contributed by atoms with van der Waals surface area (Å²) in [6.45, 7) is 2.86. The number of hydrogen-bond acceptors (Lipinski definition) is 2. The van der Waals surface area contributed by atoms with Crippen LogP contribution >= 0.6 is 0 Å². The first-order valence-corrected chi connectivity index (χ1v) is 6.13. The van der Waals surface area contributed by atoms with Crippen LogP contribution in [0.3, 0.4) is 0 Å². The Morgan fingerprint density at radius 1 is 1.33 bits per heavy atom. The SMILES string of the molecule is CNCCc1c(-c2ccccc2C)[nH]n(C)c1=O. The zero-order valence-electron chi connectivity index (χ0n) is 11.1. The molecule has 2 aromatic rings. The number of aromatic amines is 1. The van der Waals surface area contributed by atoms with Gasteiger partial charge in [-0.05, 0) is 32.5 Å². The third kappa shape index (κ3) is 2.24. The van der Waals surface area contributed by atoms with Crippen LogP contribution < -0.4 is 10.9 Å². The Hall–Kier alpha value is -1.81. The normalized spacial score (nSPS) is 10.8. The third-order valence-electron chi connectivity index (χ3n) is 3.18. The molecular formula is C14H19N3O. The second-order valence-corrected chi connectivity index (χ2v) is 4.50. The van der Waals surface area contributed by atoms with E-state index in [-0.39, 0.29) is 5.56 Å². The molecule has 0 spiro atoms. The van der Waals surface area contributed by atoms with Gasteiger partial charge in [-0.3, -0.25) is 14.6 Å². The van der Waals surface area contributed by atoms with Gasteiger partial charge in [-0.15, -0.1) is 0 Å². The number of aryl methyl sites for hydroxylation is 2. The van der Waals surface area contributed by atoms with Crippen molar-refractivity contribution in [1.29, 1.82) is 0 Å². The van der Waals surface area contributed by atoms with Crippen molar-refractivity contribution in [3.63, 3.8) is 0 Å². The molecule has 96 valence electrons. The Morgan fingerprint density at radius 2 is 2.06 bits per heavy atom. The highest BCUT2D eigenvalue weighted by Gasteiger charge is 2.14. The van der Waals surface area contributed by atoms with Crippen molar-refractivity contribution in [2.24, 2.45) is 7.05 Å². The summed E-state index contributed by atoms with van der Waals surface area (Å²) in [7, 11) is 3.65. The summed E-state index contributed by atoms with van der Waals surface area (Å²) < 4.78 is 1.55. The molecule has 0 aliphatic heterocycles. The molecule has 2 N–H and O–H groups in total. The molecule has 0 unspecified atom stereocenters. The van der Waals surface area contributed by atoms with Gasteiger partial charge in [-0.25, -0.2) is 0 Å². The van der Waals surface area contributed by atoms with Crippen LogP contribution in [-0.4, -0.2) is 23.4 Å². The van der Waals surface area contributed by atoms with Crippen molar-refractivity contribution < 1.29 is 0 Å². The minimum atomic E-state index is 0.0588. The molecule has 18 heavy (non-hydrogen) atoms. The van der Waals surface area contributed by atoms with Crippen molar-refractivity contribution in [3.05, 3.63) is 45.7 Å². The van der Waals surface area contributed by atoms with Gasteiger partial charge in [0.25, 0.3) is 5.56 Å². The first-order chi connectivity index (χ1) is 8.65. The van der Waals surface area contributed by atoms with Crippen LogP contribution in [0.15, 0.2) is 29.1 Å². The molecule has 2 rings (SSSR count). The van der Waals surface area contributed by atoms with Crippen molar-refractivity contribution in [3.8, 4) is 11.3 Å². The Morgan fingerprint density at radius 3 is 2.72 bits per heavy atom. The number of H-pyrrole nitrogens is 1. The number of likely N-dealkylation sites (N-methyl/N-ethyl adjacent to an activating group) is 1. The Balaban J connectivity index is 2.54. The molecule has 4 nitrogen and oxygen atoms in total. The van der Waals surface area contributed by atoms with E-state index in [0.29, 0.717) is 0 Å². The van der Waals surface area contributed by atoms with Gasteiger partial charge in [-0.1, -0.05) is 24.3 Å². The lowest BCUT2D eigenvalue weighted by Gasteiger charge is -2.05. The highest BCUT2D eigenvalue weighted by atomic mass is 16.1. The minimum Gasteiger partial charge on any atom is -0.319 e. The van der Waals surface area contributed by atoms with E-state index < -0.39 is 0 Å². The summed E-state index contributed by atoms with van der Waals surface area (Å²) in [4.78, 5) is 12.1. The Labute approximate surface area is 107 Å². The van der Waals surface area contributed by atoms with E-state index >= 15 is 0 Å². The molecular weight excluding hydrogens is 226 g/mol. The number of rotatable bonds is 4. The summed E-state index contributed by atoms with van der Waals surface area (Å²) in [6, 6.07) is 8.11. The standard InChI is InChI=1S/C14H19N3O/c1-10-6-4-5-7-11(10)13-12(8-9-15-2)14(18)17(3)16-13/h4-7,15-16H,8-9H2,1-3H3. The van der Waals surface area contributed by atoms with Crippen LogP contribution in [0, 0.1) is 6.92 Å². The average molecular weight is 245 g/mol. The average Bonchev–Trinajstić information content (AvgIpc) is 2.64. The van der Waals surface area contributed by atoms with E-state index in [2.05, 4.69) is 23.4 Å². The van der Waals surface area contributed by atoms with E-state index in [4.69, 9.17) is 0 Å². The third-order valence-corrected chi connectivity index (χ3v) is 3.18. The first-order valence-electron chi connectivity index (χ1n) is 6.13. The molecule has 0 radical (unpaired) electrons. The molecule has 0 fully saturated rings. The lowest BCUT2D eigenvalue weighted by atomic mass is 10.0. The van der Waals surface area contributed by atoms with E-state index in [1.165, 1.54) is 5.56 Å². The molecule has 4 heteroatoms. The second kappa shape index (κ2) is 5.23. The molecule has 0 saturated heterocycles. The number of benzene rings is 1. The predicted octanol–water partition coefficient (Wildman–Crippen LogP) is 1.45. The van der Waals surface area contributed by atoms with Crippen molar-refractivity contribution in [1.82, 2.24) is 15.1 Å². The van der Waals surface area contributed by atoms with Crippen molar-refractivity contribution in [2.45, 2.75) is 13.3 Å². The van der Waals surface area contributed by atoms with E-state index in [1.54, 1.807) is 11.7 Å². The zero-order valence-corrected chi connectivity index (χ0v) is 11.1. The molecule has 1 aromatic heterocycles. The van der Waals surface area contributed by atoms with Crippen LogP contribution in [0.25, 0.3) is 11.3 Å². The molecule has 0 atom stereocenters. The lowest BCUT2D eigenvalue weighted by molar-refractivity contribution is 0.734. The fraction of sp³-hybridized carbons (Fsp3) is 0.357. The molecule has 0 aliphatic rings. The van der Waals surface area contributed by atoms with Crippen LogP contribution in [0.2, 0.25) is 0 Å². The second-order valence-electron chi connectivity index (χ2n) is 4.50. The number of aromatic nitrogens is 2. The van der Waals surface area contributed by atoms with Crippen LogP contribution in [-0.2, 0) is 13.5 Å². The highest BCUT2D eigenvalue weighted by molar-refractivity contribution is 5.66. The first kappa shape index (κ1) is 12.6. The van der Waals surface area contributed by atoms with Crippen molar-refractivity contribution in [2.75, 3.05) is 13.6 Å². The predicted molar refractivity (Wildman–Crippen MR) is 73.8 cm³/mol. The number of nitrogens with zero attached hydrogens (tertiary/aromatic N) is 1. The van der Waals surface area contributed by atoms with Crippen LogP contribution in [0.4, 0.5) is 0 Å². The highest BCUT2D eigenvalue weighted by Crippen LogP contribution is 2.23. The summed E-state index contributed by atoms with van der Waals surface area (Å²) in [5.41, 5.74) is 4.12. The van der Waals surface area contributed by atoms with Gasteiger partial charge in [0, 0.05) is 18.2 Å². The number of hydrogen-bond donors (Lipinski definition) is 2. The van der Waals surface area contributed by atoms with Gasteiger partial charge in [0.2, 0.25) is 0 Å². The van der Waals surface area contributed by atoms with Crippen LogP contribution in [0.1, 0.15) is 11.1 Å². The smallest absolute Gasteiger partial charge is 0.270 e. The maximum atomic E-state index is 12.1. The maximum Gasteiger partial charge on any atom is 0.270 e. The van der Waals surface area contributed by atoms with Gasteiger partial charge in [0.15, 0.2) is 0 Å². The van der Waals surface area contributed by atoms with Gasteiger partial charge in [0.05, 0.1) is 5.69 Å². The Bertz CT molecular complexity index is 595. The largest absolute Gasteiger partial charge is 0.319 e. The topological polar surface area (TPSA) is 49.8 Å². The van der Waals surface area contributed by atoms with E-state index in [9.17, 15) is 4.79 Å².